The van der Waals surface area contributed by atoms with Gasteiger partial charge in [0.05, 0.1) is 17.2 Å². The summed E-state index contributed by atoms with van der Waals surface area (Å²) in [5, 5.41) is 0. The fourth-order valence-corrected chi connectivity index (χ4v) is 2.76. The Morgan fingerprint density at radius 1 is 1.33 bits per heavy atom. The number of hydrogen-bond acceptors (Lipinski definition) is 2. The number of nitrogens with zero attached hydrogens (tertiary/aromatic N) is 1. The van der Waals surface area contributed by atoms with Gasteiger partial charge in [-0.05, 0) is 31.0 Å². The van der Waals surface area contributed by atoms with Gasteiger partial charge in [-0.3, -0.25) is 4.79 Å². The second kappa shape index (κ2) is 6.36. The lowest BCUT2D eigenvalue weighted by molar-refractivity contribution is -0.138. The first-order valence-corrected chi connectivity index (χ1v) is 7.31. The number of likely N-dealkylation sites (tertiary alicyclic amines) is 1. The smallest absolute Gasteiger partial charge is 0.381 e. The summed E-state index contributed by atoms with van der Waals surface area (Å²) in [7, 11) is 1.60. The Kier molecular flexibility index (Phi) is 4.93. The third-order valence-corrected chi connectivity index (χ3v) is 4.07. The maximum absolute atomic E-state index is 13.1. The van der Waals surface area contributed by atoms with E-state index in [1.807, 2.05) is 0 Å². The van der Waals surface area contributed by atoms with Gasteiger partial charge in [-0.15, -0.1) is 0 Å². The van der Waals surface area contributed by atoms with E-state index in [-0.39, 0.29) is 11.7 Å². The van der Waals surface area contributed by atoms with Crippen LogP contribution in [0.2, 0.25) is 0 Å². The maximum Gasteiger partial charge on any atom is 0.417 e. The van der Waals surface area contributed by atoms with Crippen molar-refractivity contribution in [1.29, 1.82) is 0 Å². The number of methoxy groups -OCH3 is 1. The van der Waals surface area contributed by atoms with Gasteiger partial charge in [0.25, 0.3) is 5.91 Å². The molecule has 0 atom stereocenters. The van der Waals surface area contributed by atoms with Crippen LogP contribution in [0.4, 0.5) is 13.2 Å². The third-order valence-electron chi connectivity index (χ3n) is 3.58. The van der Waals surface area contributed by atoms with Gasteiger partial charge >= 0.3 is 6.18 Å². The van der Waals surface area contributed by atoms with Gasteiger partial charge in [0, 0.05) is 24.7 Å². The molecule has 0 unspecified atom stereocenters. The number of alkyl halides is 3. The second-order valence-corrected chi connectivity index (χ2v) is 5.83. The molecule has 21 heavy (non-hydrogen) atoms. The van der Waals surface area contributed by atoms with E-state index >= 15 is 0 Å². The van der Waals surface area contributed by atoms with Crippen LogP contribution in [0.25, 0.3) is 0 Å². The molecule has 3 nitrogen and oxygen atoms in total. The van der Waals surface area contributed by atoms with E-state index in [2.05, 4.69) is 15.9 Å². The van der Waals surface area contributed by atoms with E-state index < -0.39 is 17.6 Å². The Balaban J connectivity index is 2.24. The van der Waals surface area contributed by atoms with Crippen molar-refractivity contribution >= 4 is 21.8 Å². The van der Waals surface area contributed by atoms with Crippen LogP contribution in [0, 0.1) is 0 Å². The normalized spacial score (nSPS) is 17.1. The first-order valence-electron chi connectivity index (χ1n) is 6.51. The van der Waals surface area contributed by atoms with Crippen LogP contribution in [0.15, 0.2) is 22.7 Å². The van der Waals surface area contributed by atoms with Crippen molar-refractivity contribution in [3.63, 3.8) is 0 Å². The third kappa shape index (κ3) is 3.77. The summed E-state index contributed by atoms with van der Waals surface area (Å²) < 4.78 is 44.7. The van der Waals surface area contributed by atoms with Gasteiger partial charge in [0.2, 0.25) is 0 Å². The van der Waals surface area contributed by atoms with E-state index in [4.69, 9.17) is 4.74 Å². The average molecular weight is 366 g/mol. The van der Waals surface area contributed by atoms with Crippen molar-refractivity contribution in [2.75, 3.05) is 20.2 Å². The van der Waals surface area contributed by atoms with E-state index in [9.17, 15) is 18.0 Å². The molecule has 1 aliphatic rings. The SMILES string of the molecule is COC1CCN(C(=O)c2ccc(Br)cc2C(F)(F)F)CC1. The highest BCUT2D eigenvalue weighted by Gasteiger charge is 2.37. The Morgan fingerprint density at radius 3 is 2.48 bits per heavy atom. The van der Waals surface area contributed by atoms with Gasteiger partial charge < -0.3 is 9.64 Å². The Hall–Kier alpha value is -1.08. The average Bonchev–Trinajstić information content (AvgIpc) is 2.45. The molecule has 2 rings (SSSR count). The van der Waals surface area contributed by atoms with Crippen LogP contribution in [0.1, 0.15) is 28.8 Å². The standard InChI is InChI=1S/C14H15BrF3NO2/c1-21-10-4-6-19(7-5-10)13(20)11-3-2-9(15)8-12(11)14(16,17)18/h2-3,8,10H,4-7H2,1H3. The minimum atomic E-state index is -4.56. The van der Waals surface area contributed by atoms with Crippen LogP contribution in [0.5, 0.6) is 0 Å². The predicted molar refractivity (Wildman–Crippen MR) is 75.1 cm³/mol. The summed E-state index contributed by atoms with van der Waals surface area (Å²) in [4.78, 5) is 13.8. The van der Waals surface area contributed by atoms with Crippen molar-refractivity contribution in [1.82, 2.24) is 4.90 Å². The zero-order chi connectivity index (χ0) is 15.6. The summed E-state index contributed by atoms with van der Waals surface area (Å²) in [5.41, 5.74) is -1.21. The summed E-state index contributed by atoms with van der Waals surface area (Å²) in [6.45, 7) is 0.815. The molecular formula is C14H15BrF3NO2. The van der Waals surface area contributed by atoms with Crippen molar-refractivity contribution in [3.8, 4) is 0 Å². The molecule has 1 heterocycles. The van der Waals surface area contributed by atoms with Crippen LogP contribution in [0.3, 0.4) is 0 Å². The fourth-order valence-electron chi connectivity index (χ4n) is 2.40. The number of halogens is 4. The molecule has 1 amide bonds. The Bertz CT molecular complexity index is 525. The van der Waals surface area contributed by atoms with Crippen LogP contribution in [-0.4, -0.2) is 37.1 Å². The molecule has 7 heteroatoms. The lowest BCUT2D eigenvalue weighted by Crippen LogP contribution is -2.41. The number of carbonyl (C=O) groups excluding carboxylic acids is 1. The minimum absolute atomic E-state index is 0.0704. The summed E-state index contributed by atoms with van der Waals surface area (Å²) in [6.07, 6.45) is -3.21. The topological polar surface area (TPSA) is 29.5 Å². The van der Waals surface area contributed by atoms with Gasteiger partial charge in [-0.25, -0.2) is 0 Å². The van der Waals surface area contributed by atoms with E-state index in [1.165, 1.54) is 17.0 Å². The highest BCUT2D eigenvalue weighted by Crippen LogP contribution is 2.34. The summed E-state index contributed by atoms with van der Waals surface area (Å²) in [5.74, 6) is -0.579. The summed E-state index contributed by atoms with van der Waals surface area (Å²) in [6, 6.07) is 3.61. The molecule has 116 valence electrons. The molecular weight excluding hydrogens is 351 g/mol. The van der Waals surface area contributed by atoms with Crippen LogP contribution >= 0.6 is 15.9 Å². The van der Waals surface area contributed by atoms with E-state index in [0.29, 0.717) is 30.4 Å². The van der Waals surface area contributed by atoms with E-state index in [0.717, 1.165) is 6.07 Å². The molecule has 0 spiro atoms. The number of benzene rings is 1. The van der Waals surface area contributed by atoms with Crippen molar-refractivity contribution in [2.24, 2.45) is 0 Å². The Labute approximate surface area is 129 Å². The number of rotatable bonds is 2. The molecule has 0 N–H and O–H groups in total. The first-order chi connectivity index (χ1) is 9.82. The molecule has 1 aliphatic heterocycles. The number of piperidine rings is 1. The quantitative estimate of drug-likeness (QED) is 0.799. The van der Waals surface area contributed by atoms with Gasteiger partial charge in [0.15, 0.2) is 0 Å². The molecule has 1 saturated heterocycles. The molecule has 1 aromatic rings. The molecule has 1 aromatic carbocycles. The number of carbonyl (C=O) groups is 1. The highest BCUT2D eigenvalue weighted by atomic mass is 79.9. The molecule has 0 bridgehead atoms. The molecule has 0 aromatic heterocycles. The fraction of sp³-hybridized carbons (Fsp3) is 0.500. The maximum atomic E-state index is 13.1. The second-order valence-electron chi connectivity index (χ2n) is 4.91. The Morgan fingerprint density at radius 2 is 1.95 bits per heavy atom. The predicted octanol–water partition coefficient (Wildman–Crippen LogP) is 3.72. The van der Waals surface area contributed by atoms with Crippen molar-refractivity contribution in [3.05, 3.63) is 33.8 Å². The van der Waals surface area contributed by atoms with Crippen molar-refractivity contribution in [2.45, 2.75) is 25.1 Å². The van der Waals surface area contributed by atoms with E-state index in [1.54, 1.807) is 7.11 Å². The zero-order valence-electron chi connectivity index (χ0n) is 11.4. The molecule has 0 radical (unpaired) electrons. The van der Waals surface area contributed by atoms with Gasteiger partial charge in [-0.1, -0.05) is 15.9 Å². The first kappa shape index (κ1) is 16.3. The molecule has 0 aliphatic carbocycles. The minimum Gasteiger partial charge on any atom is -0.381 e. The van der Waals surface area contributed by atoms with Crippen molar-refractivity contribution < 1.29 is 22.7 Å². The van der Waals surface area contributed by atoms with Gasteiger partial charge in [0.1, 0.15) is 0 Å². The molecule has 1 fully saturated rings. The van der Waals surface area contributed by atoms with Crippen LogP contribution < -0.4 is 0 Å². The highest BCUT2D eigenvalue weighted by molar-refractivity contribution is 9.10. The zero-order valence-corrected chi connectivity index (χ0v) is 13.0. The number of amides is 1. The monoisotopic (exact) mass is 365 g/mol. The lowest BCUT2D eigenvalue weighted by Gasteiger charge is -2.31. The largest absolute Gasteiger partial charge is 0.417 e. The lowest BCUT2D eigenvalue weighted by atomic mass is 10.0. The number of ether oxygens (including phenoxy) is 1. The summed E-state index contributed by atoms with van der Waals surface area (Å²) >= 11 is 3.01. The molecule has 0 saturated carbocycles. The van der Waals surface area contributed by atoms with Crippen LogP contribution in [-0.2, 0) is 10.9 Å². The number of hydrogen-bond donors (Lipinski definition) is 0. The van der Waals surface area contributed by atoms with Gasteiger partial charge in [-0.2, -0.15) is 13.2 Å².